The van der Waals surface area contributed by atoms with E-state index in [4.69, 9.17) is 9.84 Å². The summed E-state index contributed by atoms with van der Waals surface area (Å²) in [7, 11) is 1.56. The minimum Gasteiger partial charge on any atom is -0.497 e. The molecule has 178 valence electrons. The van der Waals surface area contributed by atoms with Crippen molar-refractivity contribution in [2.75, 3.05) is 18.2 Å². The van der Waals surface area contributed by atoms with Crippen LogP contribution >= 0.6 is 11.8 Å². The quantitative estimate of drug-likeness (QED) is 0.374. The Hall–Kier alpha value is -3.86. The van der Waals surface area contributed by atoms with E-state index in [1.165, 1.54) is 23.9 Å². The van der Waals surface area contributed by atoms with Crippen molar-refractivity contribution in [2.24, 2.45) is 0 Å². The van der Waals surface area contributed by atoms with Crippen LogP contribution in [-0.4, -0.2) is 50.5 Å². The summed E-state index contributed by atoms with van der Waals surface area (Å²) < 4.78 is 6.95. The maximum atomic E-state index is 12.6. The predicted octanol–water partition coefficient (Wildman–Crippen LogP) is 3.23. The molecule has 2 aromatic carbocycles. The molecule has 11 heteroatoms. The van der Waals surface area contributed by atoms with Gasteiger partial charge in [0.05, 0.1) is 24.5 Å². The fourth-order valence-electron chi connectivity index (χ4n) is 3.17. The molecule has 0 unspecified atom stereocenters. The summed E-state index contributed by atoms with van der Waals surface area (Å²) in [6.45, 7) is 4.29. The summed E-state index contributed by atoms with van der Waals surface area (Å²) in [5, 5.41) is 23.6. The van der Waals surface area contributed by atoms with Crippen molar-refractivity contribution in [3.8, 4) is 5.75 Å². The zero-order valence-electron chi connectivity index (χ0n) is 18.9. The van der Waals surface area contributed by atoms with Crippen molar-refractivity contribution >= 4 is 35.2 Å². The van der Waals surface area contributed by atoms with Gasteiger partial charge < -0.3 is 25.0 Å². The molecule has 1 heterocycles. The first-order valence-electron chi connectivity index (χ1n) is 10.5. The van der Waals surface area contributed by atoms with Crippen LogP contribution in [0.1, 0.15) is 46.4 Å². The Morgan fingerprint density at radius 2 is 1.85 bits per heavy atom. The summed E-state index contributed by atoms with van der Waals surface area (Å²) in [4.78, 5) is 36.0. The van der Waals surface area contributed by atoms with Crippen LogP contribution in [0, 0.1) is 0 Å². The third-order valence-electron chi connectivity index (χ3n) is 4.87. The average molecular weight is 484 g/mol. The Kier molecular flexibility index (Phi) is 8.25. The lowest BCUT2D eigenvalue weighted by molar-refractivity contribution is -0.113. The van der Waals surface area contributed by atoms with Gasteiger partial charge in [-0.1, -0.05) is 17.8 Å². The molecule has 0 saturated heterocycles. The molecule has 3 N–H and O–H groups in total. The van der Waals surface area contributed by atoms with Gasteiger partial charge in [-0.3, -0.25) is 9.59 Å². The highest BCUT2D eigenvalue weighted by Gasteiger charge is 2.20. The Balaban J connectivity index is 1.61. The molecule has 0 bridgehead atoms. The fourth-order valence-corrected chi connectivity index (χ4v) is 3.98. The van der Waals surface area contributed by atoms with Gasteiger partial charge in [-0.2, -0.15) is 0 Å². The first kappa shape index (κ1) is 24.8. The lowest BCUT2D eigenvalue weighted by atomic mass is 10.2. The molecule has 0 aliphatic rings. The van der Waals surface area contributed by atoms with Gasteiger partial charge in [0.1, 0.15) is 5.75 Å². The largest absolute Gasteiger partial charge is 0.497 e. The van der Waals surface area contributed by atoms with E-state index < -0.39 is 12.0 Å². The molecule has 1 atom stereocenters. The van der Waals surface area contributed by atoms with Gasteiger partial charge in [0, 0.05) is 17.8 Å². The molecule has 10 nitrogen and oxygen atoms in total. The van der Waals surface area contributed by atoms with E-state index in [1.54, 1.807) is 43.5 Å². The van der Waals surface area contributed by atoms with E-state index in [0.29, 0.717) is 34.5 Å². The molecular weight excluding hydrogens is 458 g/mol. The predicted molar refractivity (Wildman–Crippen MR) is 127 cm³/mol. The van der Waals surface area contributed by atoms with Crippen LogP contribution in [0.15, 0.2) is 53.7 Å². The van der Waals surface area contributed by atoms with Gasteiger partial charge in [0.15, 0.2) is 11.0 Å². The van der Waals surface area contributed by atoms with Crippen LogP contribution in [0.25, 0.3) is 0 Å². The lowest BCUT2D eigenvalue weighted by Gasteiger charge is -2.15. The van der Waals surface area contributed by atoms with E-state index in [9.17, 15) is 14.4 Å². The Labute approximate surface area is 200 Å². The summed E-state index contributed by atoms with van der Waals surface area (Å²) >= 11 is 1.20. The van der Waals surface area contributed by atoms with E-state index in [1.807, 2.05) is 18.4 Å². The number of ether oxygens (including phenoxy) is 1. The van der Waals surface area contributed by atoms with Crippen LogP contribution < -0.4 is 15.4 Å². The summed E-state index contributed by atoms with van der Waals surface area (Å²) in [5.41, 5.74) is 0.984. The van der Waals surface area contributed by atoms with Gasteiger partial charge in [0.2, 0.25) is 5.91 Å². The number of carbonyl (C=O) groups is 3. The highest BCUT2D eigenvalue weighted by molar-refractivity contribution is 7.99. The number of methoxy groups -OCH3 is 1. The molecular formula is C23H25N5O5S. The number of carboxylic acid groups (broad SMARTS) is 1. The van der Waals surface area contributed by atoms with Crippen molar-refractivity contribution in [1.82, 2.24) is 20.1 Å². The first-order chi connectivity index (χ1) is 16.3. The van der Waals surface area contributed by atoms with Crippen molar-refractivity contribution in [1.29, 1.82) is 0 Å². The zero-order valence-corrected chi connectivity index (χ0v) is 19.8. The number of rotatable bonds is 10. The Morgan fingerprint density at radius 3 is 2.50 bits per heavy atom. The van der Waals surface area contributed by atoms with E-state index in [2.05, 4.69) is 20.8 Å². The average Bonchev–Trinajstić information content (AvgIpc) is 3.26. The number of carbonyl (C=O) groups excluding carboxylic acids is 2. The van der Waals surface area contributed by atoms with E-state index >= 15 is 0 Å². The molecule has 3 aromatic rings. The number of aromatic carboxylic acids is 1. The molecule has 34 heavy (non-hydrogen) atoms. The second kappa shape index (κ2) is 11.3. The molecule has 2 amide bonds. The highest BCUT2D eigenvalue weighted by atomic mass is 32.2. The van der Waals surface area contributed by atoms with Crippen molar-refractivity contribution in [3.05, 3.63) is 65.5 Å². The smallest absolute Gasteiger partial charge is 0.335 e. The van der Waals surface area contributed by atoms with Crippen LogP contribution in [0.5, 0.6) is 5.75 Å². The molecule has 0 radical (unpaired) electrons. The normalized spacial score (nSPS) is 11.5. The molecule has 0 aliphatic heterocycles. The monoisotopic (exact) mass is 483 g/mol. The molecule has 3 rings (SSSR count). The van der Waals surface area contributed by atoms with Crippen LogP contribution in [-0.2, 0) is 11.3 Å². The van der Waals surface area contributed by atoms with E-state index in [-0.39, 0.29) is 23.1 Å². The second-order valence-corrected chi connectivity index (χ2v) is 8.17. The third-order valence-corrected chi connectivity index (χ3v) is 5.84. The van der Waals surface area contributed by atoms with Crippen LogP contribution in [0.4, 0.5) is 5.69 Å². The lowest BCUT2D eigenvalue weighted by Crippen LogP contribution is -2.28. The first-order valence-corrected chi connectivity index (χ1v) is 11.4. The number of benzene rings is 2. The Morgan fingerprint density at radius 1 is 1.12 bits per heavy atom. The number of thioether (sulfide) groups is 1. The third kappa shape index (κ3) is 6.13. The van der Waals surface area contributed by atoms with Gasteiger partial charge >= 0.3 is 5.97 Å². The summed E-state index contributed by atoms with van der Waals surface area (Å²) in [6.07, 6.45) is 0. The standard InChI is InChI=1S/C23H25N5O5S/c1-4-28-20(14(2)24-21(30)15-8-10-18(33-3)11-9-15)26-27-23(28)34-13-19(29)25-17-7-5-6-16(12-17)22(31)32/h5-12,14H,4,13H2,1-3H3,(H,24,30)(H,25,29)(H,31,32)/t14-/m0/s1. The molecule has 1 aromatic heterocycles. The second-order valence-electron chi connectivity index (χ2n) is 7.23. The van der Waals surface area contributed by atoms with Gasteiger partial charge in [-0.05, 0) is 56.3 Å². The number of anilines is 1. The van der Waals surface area contributed by atoms with Crippen LogP contribution in [0.3, 0.4) is 0 Å². The molecule has 0 spiro atoms. The minimum absolute atomic E-state index is 0.0576. The van der Waals surface area contributed by atoms with Gasteiger partial charge in [-0.25, -0.2) is 4.79 Å². The number of hydrogen-bond donors (Lipinski definition) is 3. The fraction of sp³-hybridized carbons (Fsp3) is 0.261. The summed E-state index contributed by atoms with van der Waals surface area (Å²) in [5.74, 6) is -0.333. The molecule has 0 aliphatic carbocycles. The Bertz CT molecular complexity index is 1180. The number of aromatic nitrogens is 3. The van der Waals surface area contributed by atoms with Crippen molar-refractivity contribution in [3.63, 3.8) is 0 Å². The minimum atomic E-state index is -1.07. The molecule has 0 fully saturated rings. The number of nitrogens with one attached hydrogen (secondary N) is 2. The van der Waals surface area contributed by atoms with Crippen molar-refractivity contribution in [2.45, 2.75) is 31.6 Å². The maximum Gasteiger partial charge on any atom is 0.335 e. The summed E-state index contributed by atoms with van der Waals surface area (Å²) in [6, 6.07) is 12.4. The van der Waals surface area contributed by atoms with Gasteiger partial charge in [-0.15, -0.1) is 10.2 Å². The maximum absolute atomic E-state index is 12.6. The number of hydrogen-bond acceptors (Lipinski definition) is 7. The van der Waals surface area contributed by atoms with Crippen LogP contribution in [0.2, 0.25) is 0 Å². The van der Waals surface area contributed by atoms with Gasteiger partial charge in [0.25, 0.3) is 5.91 Å². The zero-order chi connectivity index (χ0) is 24.7. The number of amides is 2. The topological polar surface area (TPSA) is 135 Å². The number of nitrogens with zero attached hydrogens (tertiary/aromatic N) is 3. The molecule has 0 saturated carbocycles. The highest BCUT2D eigenvalue weighted by Crippen LogP contribution is 2.22. The van der Waals surface area contributed by atoms with E-state index in [0.717, 1.165) is 0 Å². The SMILES string of the molecule is CCn1c(SCC(=O)Nc2cccc(C(=O)O)c2)nnc1[C@H](C)NC(=O)c1ccc(OC)cc1. The number of carboxylic acids is 1. The van der Waals surface area contributed by atoms with Crippen molar-refractivity contribution < 1.29 is 24.2 Å².